The second-order valence-corrected chi connectivity index (χ2v) is 6.61. The van der Waals surface area contributed by atoms with Crippen molar-refractivity contribution in [3.8, 4) is 0 Å². The number of piperazine rings is 1. The van der Waals surface area contributed by atoms with Gasteiger partial charge in [0.25, 0.3) is 0 Å². The van der Waals surface area contributed by atoms with Crippen molar-refractivity contribution in [1.82, 2.24) is 10.2 Å². The van der Waals surface area contributed by atoms with E-state index < -0.39 is 0 Å². The molecule has 0 aromatic rings. The summed E-state index contributed by atoms with van der Waals surface area (Å²) in [5, 5.41) is 3.83. The van der Waals surface area contributed by atoms with Gasteiger partial charge < -0.3 is 10.1 Å². The molecule has 1 aliphatic heterocycles. The molecule has 0 amide bonds. The fourth-order valence-electron chi connectivity index (χ4n) is 4.13. The largest absolute Gasteiger partial charge is 0.383 e. The Morgan fingerprint density at radius 3 is 2.68 bits per heavy atom. The summed E-state index contributed by atoms with van der Waals surface area (Å²) in [5.41, 5.74) is 0.417. The molecule has 2 atom stereocenters. The average Bonchev–Trinajstić information content (AvgIpc) is 2.43. The lowest BCUT2D eigenvalue weighted by atomic mass is 9.77. The van der Waals surface area contributed by atoms with Gasteiger partial charge in [0.05, 0.1) is 6.61 Å². The van der Waals surface area contributed by atoms with Gasteiger partial charge in [0.1, 0.15) is 0 Å². The zero-order chi connectivity index (χ0) is 13.7. The van der Waals surface area contributed by atoms with Crippen LogP contribution in [0.25, 0.3) is 0 Å². The lowest BCUT2D eigenvalue weighted by Crippen LogP contribution is -2.67. The molecule has 3 nitrogen and oxygen atoms in total. The van der Waals surface area contributed by atoms with E-state index in [9.17, 15) is 0 Å². The molecule has 0 aromatic heterocycles. The monoisotopic (exact) mass is 268 g/mol. The minimum atomic E-state index is 0.417. The van der Waals surface area contributed by atoms with Gasteiger partial charge in [0, 0.05) is 37.8 Å². The predicted octanol–water partition coefficient (Wildman–Crippen LogP) is 2.80. The second kappa shape index (κ2) is 7.05. The van der Waals surface area contributed by atoms with E-state index in [0.717, 1.165) is 6.61 Å². The maximum atomic E-state index is 5.42. The fourth-order valence-corrected chi connectivity index (χ4v) is 4.13. The highest BCUT2D eigenvalue weighted by molar-refractivity contribution is 5.02. The van der Waals surface area contributed by atoms with Crippen LogP contribution in [0.2, 0.25) is 0 Å². The zero-order valence-electron chi connectivity index (χ0n) is 13.1. The van der Waals surface area contributed by atoms with Crippen molar-refractivity contribution in [2.24, 2.45) is 0 Å². The van der Waals surface area contributed by atoms with Crippen LogP contribution in [0.5, 0.6) is 0 Å². The molecule has 3 heteroatoms. The highest BCUT2D eigenvalue weighted by atomic mass is 16.5. The van der Waals surface area contributed by atoms with Crippen molar-refractivity contribution in [3.63, 3.8) is 0 Å². The van der Waals surface area contributed by atoms with Gasteiger partial charge in [-0.1, -0.05) is 32.6 Å². The second-order valence-electron chi connectivity index (χ2n) is 6.61. The summed E-state index contributed by atoms with van der Waals surface area (Å²) < 4.78 is 5.42. The molecule has 2 fully saturated rings. The standard InChI is InChI=1S/C16H32N2O/c1-4-8-15-11-18(14(2)12-19-3)16(13-17-15)9-6-5-7-10-16/h14-15,17H,4-13H2,1-3H3. The first kappa shape index (κ1) is 15.3. The van der Waals surface area contributed by atoms with Crippen LogP contribution in [0.1, 0.15) is 58.8 Å². The molecule has 1 saturated carbocycles. The first-order chi connectivity index (χ1) is 9.22. The van der Waals surface area contributed by atoms with Crippen molar-refractivity contribution >= 4 is 0 Å². The van der Waals surface area contributed by atoms with Crippen molar-refractivity contribution in [1.29, 1.82) is 0 Å². The Balaban J connectivity index is 2.07. The normalized spacial score (nSPS) is 29.5. The molecule has 0 bridgehead atoms. The molecule has 1 saturated heterocycles. The highest BCUT2D eigenvalue weighted by Gasteiger charge is 2.43. The molecule has 112 valence electrons. The molecular formula is C16H32N2O. The summed E-state index contributed by atoms with van der Waals surface area (Å²) in [6.07, 6.45) is 9.53. The molecule has 19 heavy (non-hydrogen) atoms. The van der Waals surface area contributed by atoms with E-state index in [1.165, 1.54) is 58.0 Å². The van der Waals surface area contributed by atoms with Crippen LogP contribution in [-0.4, -0.2) is 49.3 Å². The van der Waals surface area contributed by atoms with E-state index in [1.54, 1.807) is 0 Å². The summed E-state index contributed by atoms with van der Waals surface area (Å²) in [7, 11) is 1.83. The van der Waals surface area contributed by atoms with Gasteiger partial charge in [-0.05, 0) is 26.2 Å². The molecule has 1 heterocycles. The number of nitrogens with one attached hydrogen (secondary N) is 1. The Kier molecular flexibility index (Phi) is 5.67. The Hall–Kier alpha value is -0.120. The topological polar surface area (TPSA) is 24.5 Å². The van der Waals surface area contributed by atoms with E-state index in [2.05, 4.69) is 24.1 Å². The summed E-state index contributed by atoms with van der Waals surface area (Å²) in [6.45, 7) is 7.88. The van der Waals surface area contributed by atoms with Crippen molar-refractivity contribution in [2.75, 3.05) is 26.8 Å². The predicted molar refractivity (Wildman–Crippen MR) is 80.6 cm³/mol. The molecule has 1 aliphatic carbocycles. The molecule has 0 radical (unpaired) electrons. The maximum Gasteiger partial charge on any atom is 0.0615 e. The lowest BCUT2D eigenvalue weighted by Gasteiger charge is -2.54. The fraction of sp³-hybridized carbons (Fsp3) is 1.00. The van der Waals surface area contributed by atoms with Gasteiger partial charge in [-0.3, -0.25) is 4.90 Å². The van der Waals surface area contributed by atoms with Crippen molar-refractivity contribution in [2.45, 2.75) is 76.4 Å². The Labute approximate surface area is 119 Å². The summed E-state index contributed by atoms with van der Waals surface area (Å²) in [5.74, 6) is 0. The minimum Gasteiger partial charge on any atom is -0.383 e. The SMILES string of the molecule is CCCC1CN(C(C)COC)C2(CCCCC2)CN1. The van der Waals surface area contributed by atoms with E-state index in [0.29, 0.717) is 17.6 Å². The number of hydrogen-bond donors (Lipinski definition) is 1. The molecule has 2 aliphatic rings. The van der Waals surface area contributed by atoms with Gasteiger partial charge in [0.15, 0.2) is 0 Å². The average molecular weight is 268 g/mol. The van der Waals surface area contributed by atoms with Crippen LogP contribution in [0.3, 0.4) is 0 Å². The van der Waals surface area contributed by atoms with Gasteiger partial charge in [-0.25, -0.2) is 0 Å². The third-order valence-corrected chi connectivity index (χ3v) is 5.11. The van der Waals surface area contributed by atoms with Crippen LogP contribution in [-0.2, 0) is 4.74 Å². The van der Waals surface area contributed by atoms with Crippen LogP contribution in [0, 0.1) is 0 Å². The van der Waals surface area contributed by atoms with E-state index in [1.807, 2.05) is 7.11 Å². The number of nitrogens with zero attached hydrogens (tertiary/aromatic N) is 1. The van der Waals surface area contributed by atoms with E-state index >= 15 is 0 Å². The van der Waals surface area contributed by atoms with Crippen LogP contribution in [0.4, 0.5) is 0 Å². The third kappa shape index (κ3) is 3.50. The van der Waals surface area contributed by atoms with Crippen LogP contribution in [0.15, 0.2) is 0 Å². The molecule has 1 spiro atoms. The molecule has 2 rings (SSSR count). The highest BCUT2D eigenvalue weighted by Crippen LogP contribution is 2.37. The van der Waals surface area contributed by atoms with E-state index in [-0.39, 0.29) is 0 Å². The first-order valence-electron chi connectivity index (χ1n) is 8.21. The smallest absolute Gasteiger partial charge is 0.0615 e. The van der Waals surface area contributed by atoms with Crippen LogP contribution >= 0.6 is 0 Å². The minimum absolute atomic E-state index is 0.417. The lowest BCUT2D eigenvalue weighted by molar-refractivity contribution is -0.0392. The van der Waals surface area contributed by atoms with Crippen molar-refractivity contribution in [3.05, 3.63) is 0 Å². The van der Waals surface area contributed by atoms with Crippen LogP contribution < -0.4 is 5.32 Å². The number of hydrogen-bond acceptors (Lipinski definition) is 3. The summed E-state index contributed by atoms with van der Waals surface area (Å²) in [6, 6.07) is 1.22. The number of methoxy groups -OCH3 is 1. The van der Waals surface area contributed by atoms with Gasteiger partial charge in [-0.2, -0.15) is 0 Å². The third-order valence-electron chi connectivity index (χ3n) is 5.11. The van der Waals surface area contributed by atoms with Crippen molar-refractivity contribution < 1.29 is 4.74 Å². The number of rotatable bonds is 5. The van der Waals surface area contributed by atoms with E-state index in [4.69, 9.17) is 4.74 Å². The Bertz CT molecular complexity index is 263. The molecule has 1 N–H and O–H groups in total. The van der Waals surface area contributed by atoms with Gasteiger partial charge in [-0.15, -0.1) is 0 Å². The molecular weight excluding hydrogens is 236 g/mol. The zero-order valence-corrected chi connectivity index (χ0v) is 13.1. The quantitative estimate of drug-likeness (QED) is 0.830. The molecule has 2 unspecified atom stereocenters. The first-order valence-corrected chi connectivity index (χ1v) is 8.21. The Morgan fingerprint density at radius 2 is 2.05 bits per heavy atom. The Morgan fingerprint density at radius 1 is 1.32 bits per heavy atom. The van der Waals surface area contributed by atoms with Gasteiger partial charge in [0.2, 0.25) is 0 Å². The van der Waals surface area contributed by atoms with Gasteiger partial charge >= 0.3 is 0 Å². The molecule has 0 aromatic carbocycles. The number of ether oxygens (including phenoxy) is 1. The summed E-state index contributed by atoms with van der Waals surface area (Å²) >= 11 is 0. The maximum absolute atomic E-state index is 5.42. The summed E-state index contributed by atoms with van der Waals surface area (Å²) in [4.78, 5) is 2.78.